The van der Waals surface area contributed by atoms with Gasteiger partial charge >= 0.3 is 0 Å². The molecule has 5 heteroatoms. The predicted octanol–water partition coefficient (Wildman–Crippen LogP) is 3.03. The monoisotopic (exact) mass is 354 g/mol. The Morgan fingerprint density at radius 3 is 2.85 bits per heavy atom. The van der Waals surface area contributed by atoms with Crippen LogP contribution in [0, 0.1) is 0 Å². The molecule has 3 rings (SSSR count). The van der Waals surface area contributed by atoms with E-state index in [0.717, 1.165) is 25.9 Å². The van der Waals surface area contributed by atoms with Gasteiger partial charge in [-0.3, -0.25) is 4.79 Å². The summed E-state index contributed by atoms with van der Waals surface area (Å²) in [4.78, 5) is 14.6. The summed E-state index contributed by atoms with van der Waals surface area (Å²) in [6.45, 7) is 4.40. The predicted molar refractivity (Wildman–Crippen MR) is 103 cm³/mol. The first-order valence-corrected chi connectivity index (χ1v) is 9.08. The maximum Gasteiger partial charge on any atom is 0.260 e. The molecule has 1 amide bonds. The lowest BCUT2D eigenvalue weighted by Crippen LogP contribution is -2.37. The Hall–Kier alpha value is -2.69. The molecule has 0 aromatic heterocycles. The van der Waals surface area contributed by atoms with E-state index in [2.05, 4.69) is 34.5 Å². The largest absolute Gasteiger partial charge is 0.497 e. The molecule has 0 saturated heterocycles. The van der Waals surface area contributed by atoms with Crippen LogP contribution in [-0.2, 0) is 11.2 Å². The van der Waals surface area contributed by atoms with E-state index in [9.17, 15) is 4.79 Å². The fourth-order valence-electron chi connectivity index (χ4n) is 3.20. The number of benzene rings is 2. The van der Waals surface area contributed by atoms with Crippen molar-refractivity contribution < 1.29 is 14.3 Å². The second-order valence-corrected chi connectivity index (χ2v) is 6.45. The first kappa shape index (κ1) is 18.1. The van der Waals surface area contributed by atoms with Crippen LogP contribution in [0.5, 0.6) is 11.5 Å². The minimum Gasteiger partial charge on any atom is -0.497 e. The van der Waals surface area contributed by atoms with Crippen LogP contribution in [0.2, 0.25) is 0 Å². The number of nitrogens with zero attached hydrogens (tertiary/aromatic N) is 1. The Labute approximate surface area is 154 Å². The van der Waals surface area contributed by atoms with Gasteiger partial charge in [-0.1, -0.05) is 24.3 Å². The van der Waals surface area contributed by atoms with Crippen molar-refractivity contribution in [3.05, 3.63) is 54.1 Å². The summed E-state index contributed by atoms with van der Waals surface area (Å²) in [6.07, 6.45) is 1.47. The van der Waals surface area contributed by atoms with Crippen molar-refractivity contribution in [1.29, 1.82) is 0 Å². The molecule has 0 fully saturated rings. The van der Waals surface area contributed by atoms with Crippen molar-refractivity contribution >= 4 is 11.6 Å². The van der Waals surface area contributed by atoms with Crippen LogP contribution in [0.4, 0.5) is 5.69 Å². The zero-order valence-corrected chi connectivity index (χ0v) is 15.4. The van der Waals surface area contributed by atoms with Crippen molar-refractivity contribution in [3.63, 3.8) is 0 Å². The van der Waals surface area contributed by atoms with Gasteiger partial charge < -0.3 is 19.7 Å². The second-order valence-electron chi connectivity index (χ2n) is 6.45. The SMILES string of the molecule is COc1cccc(O[C@H](C)C(=O)NCCCN2CCc3ccccc32)c1. The average molecular weight is 354 g/mol. The number of para-hydroxylation sites is 1. The Kier molecular flexibility index (Phi) is 6.00. The number of methoxy groups -OCH3 is 1. The smallest absolute Gasteiger partial charge is 0.260 e. The number of rotatable bonds is 8. The average Bonchev–Trinajstić information content (AvgIpc) is 3.08. The molecule has 1 heterocycles. The van der Waals surface area contributed by atoms with E-state index >= 15 is 0 Å². The lowest BCUT2D eigenvalue weighted by molar-refractivity contribution is -0.127. The van der Waals surface area contributed by atoms with E-state index in [1.54, 1.807) is 20.1 Å². The lowest BCUT2D eigenvalue weighted by atomic mass is 10.2. The summed E-state index contributed by atoms with van der Waals surface area (Å²) in [5.74, 6) is 1.23. The van der Waals surface area contributed by atoms with E-state index in [1.165, 1.54) is 11.3 Å². The van der Waals surface area contributed by atoms with Crippen molar-refractivity contribution in [2.24, 2.45) is 0 Å². The van der Waals surface area contributed by atoms with E-state index in [0.29, 0.717) is 18.0 Å². The number of ether oxygens (including phenoxy) is 2. The zero-order valence-electron chi connectivity index (χ0n) is 15.4. The van der Waals surface area contributed by atoms with E-state index < -0.39 is 6.10 Å². The zero-order chi connectivity index (χ0) is 18.4. The number of fused-ring (bicyclic) bond motifs is 1. The summed E-state index contributed by atoms with van der Waals surface area (Å²) >= 11 is 0. The molecule has 5 nitrogen and oxygen atoms in total. The Balaban J connectivity index is 1.40. The third-order valence-corrected chi connectivity index (χ3v) is 4.61. The van der Waals surface area contributed by atoms with Crippen LogP contribution in [0.1, 0.15) is 18.9 Å². The molecule has 0 radical (unpaired) electrons. The number of carbonyl (C=O) groups excluding carboxylic acids is 1. The van der Waals surface area contributed by atoms with Crippen molar-refractivity contribution in [1.82, 2.24) is 5.32 Å². The fraction of sp³-hybridized carbons (Fsp3) is 0.381. The lowest BCUT2D eigenvalue weighted by Gasteiger charge is -2.20. The first-order chi connectivity index (χ1) is 12.7. The molecule has 1 atom stereocenters. The van der Waals surface area contributed by atoms with Crippen LogP contribution < -0.4 is 19.7 Å². The van der Waals surface area contributed by atoms with Crippen LogP contribution in [0.25, 0.3) is 0 Å². The van der Waals surface area contributed by atoms with E-state index in [-0.39, 0.29) is 5.91 Å². The fourth-order valence-corrected chi connectivity index (χ4v) is 3.20. The summed E-state index contributed by atoms with van der Waals surface area (Å²) in [5, 5.41) is 2.96. The molecule has 0 bridgehead atoms. The van der Waals surface area contributed by atoms with E-state index in [4.69, 9.17) is 9.47 Å². The number of amides is 1. The summed E-state index contributed by atoms with van der Waals surface area (Å²) in [5.41, 5.74) is 2.74. The highest BCUT2D eigenvalue weighted by Crippen LogP contribution is 2.27. The van der Waals surface area contributed by atoms with Gasteiger partial charge in [0.15, 0.2) is 6.10 Å². The Morgan fingerprint density at radius 1 is 1.19 bits per heavy atom. The molecular weight excluding hydrogens is 328 g/mol. The van der Waals surface area contributed by atoms with Crippen LogP contribution in [0.3, 0.4) is 0 Å². The highest BCUT2D eigenvalue weighted by Gasteiger charge is 2.18. The number of hydrogen-bond donors (Lipinski definition) is 1. The first-order valence-electron chi connectivity index (χ1n) is 9.08. The van der Waals surface area contributed by atoms with E-state index in [1.807, 2.05) is 18.2 Å². The number of carbonyl (C=O) groups is 1. The highest BCUT2D eigenvalue weighted by molar-refractivity contribution is 5.80. The standard InChI is InChI=1S/C21H26N2O3/c1-16(26-19-9-5-8-18(15-19)25-2)21(24)22-12-6-13-23-14-11-17-7-3-4-10-20(17)23/h3-5,7-10,15-16H,6,11-14H2,1-2H3,(H,22,24)/t16-/m1/s1. The van der Waals surface area contributed by atoms with Crippen LogP contribution >= 0.6 is 0 Å². The minimum atomic E-state index is -0.547. The number of anilines is 1. The molecule has 2 aromatic carbocycles. The van der Waals surface area contributed by atoms with Crippen molar-refractivity contribution in [3.8, 4) is 11.5 Å². The maximum atomic E-state index is 12.2. The summed E-state index contributed by atoms with van der Waals surface area (Å²) in [7, 11) is 1.61. The van der Waals surface area contributed by atoms with Gasteiger partial charge in [-0.2, -0.15) is 0 Å². The van der Waals surface area contributed by atoms with Gasteiger partial charge in [0, 0.05) is 31.4 Å². The molecular formula is C21H26N2O3. The molecule has 0 saturated carbocycles. The molecule has 0 unspecified atom stereocenters. The van der Waals surface area contributed by atoms with Gasteiger partial charge in [-0.25, -0.2) is 0 Å². The summed E-state index contributed by atoms with van der Waals surface area (Å²) < 4.78 is 10.9. The van der Waals surface area contributed by atoms with Crippen molar-refractivity contribution in [2.75, 3.05) is 31.6 Å². The number of nitrogens with one attached hydrogen (secondary N) is 1. The molecule has 1 N–H and O–H groups in total. The molecule has 1 aliphatic heterocycles. The normalized spacial score (nSPS) is 13.8. The molecule has 1 aliphatic rings. The third kappa shape index (κ3) is 4.48. The molecule has 0 aliphatic carbocycles. The second kappa shape index (κ2) is 8.61. The van der Waals surface area contributed by atoms with Gasteiger partial charge in [0.05, 0.1) is 7.11 Å². The summed E-state index contributed by atoms with van der Waals surface area (Å²) in [6, 6.07) is 15.8. The highest BCUT2D eigenvalue weighted by atomic mass is 16.5. The molecule has 0 spiro atoms. The molecule has 2 aromatic rings. The van der Waals surface area contributed by atoms with Gasteiger partial charge in [0.1, 0.15) is 11.5 Å². The Morgan fingerprint density at radius 2 is 2.00 bits per heavy atom. The topological polar surface area (TPSA) is 50.8 Å². The Bertz CT molecular complexity index is 748. The van der Waals surface area contributed by atoms with Crippen molar-refractivity contribution in [2.45, 2.75) is 25.9 Å². The molecule has 26 heavy (non-hydrogen) atoms. The van der Waals surface area contributed by atoms with Crippen LogP contribution in [-0.4, -0.2) is 38.8 Å². The maximum absolute atomic E-state index is 12.2. The molecule has 138 valence electrons. The van der Waals surface area contributed by atoms with Gasteiger partial charge in [-0.15, -0.1) is 0 Å². The van der Waals surface area contributed by atoms with Crippen LogP contribution in [0.15, 0.2) is 48.5 Å². The number of hydrogen-bond acceptors (Lipinski definition) is 4. The van der Waals surface area contributed by atoms with Gasteiger partial charge in [0.25, 0.3) is 5.91 Å². The minimum absolute atomic E-state index is 0.102. The van der Waals surface area contributed by atoms with Gasteiger partial charge in [-0.05, 0) is 43.5 Å². The van der Waals surface area contributed by atoms with Gasteiger partial charge in [0.2, 0.25) is 0 Å². The third-order valence-electron chi connectivity index (χ3n) is 4.61. The quantitative estimate of drug-likeness (QED) is 0.741.